The van der Waals surface area contributed by atoms with E-state index in [0.29, 0.717) is 0 Å². The van der Waals surface area contributed by atoms with Crippen LogP contribution in [0.1, 0.15) is 31.0 Å². The van der Waals surface area contributed by atoms with E-state index >= 15 is 0 Å². The van der Waals surface area contributed by atoms with Crippen LogP contribution in [0, 0.1) is 0 Å². The van der Waals surface area contributed by atoms with E-state index in [1.807, 2.05) is 6.20 Å². The first-order chi connectivity index (χ1) is 7.88. The molecule has 0 amide bonds. The summed E-state index contributed by atoms with van der Waals surface area (Å²) >= 11 is 0. The second-order valence-electron chi connectivity index (χ2n) is 4.07. The van der Waals surface area contributed by atoms with Crippen LogP contribution in [0.5, 0.6) is 0 Å². The van der Waals surface area contributed by atoms with Gasteiger partial charge in [0.25, 0.3) is 0 Å². The molecule has 0 radical (unpaired) electrons. The van der Waals surface area contributed by atoms with Crippen molar-refractivity contribution in [3.8, 4) is 0 Å². The molecule has 2 heterocycles. The van der Waals surface area contributed by atoms with Crippen molar-refractivity contribution >= 4 is 0 Å². The summed E-state index contributed by atoms with van der Waals surface area (Å²) in [6.45, 7) is 3.79. The minimum atomic E-state index is -0.00741. The molecule has 1 aromatic rings. The maximum absolute atomic E-state index is 5.52. The molecule has 1 aliphatic heterocycles. The maximum Gasteiger partial charge on any atom is 0.157 e. The number of hydrogen-bond donors (Lipinski definition) is 0. The third-order valence-corrected chi connectivity index (χ3v) is 2.81. The van der Waals surface area contributed by atoms with Gasteiger partial charge in [0.2, 0.25) is 0 Å². The molecule has 0 bridgehead atoms. The van der Waals surface area contributed by atoms with Crippen molar-refractivity contribution in [3.05, 3.63) is 29.6 Å². The van der Waals surface area contributed by atoms with Gasteiger partial charge in [0.15, 0.2) is 6.29 Å². The quantitative estimate of drug-likeness (QED) is 0.782. The van der Waals surface area contributed by atoms with E-state index in [-0.39, 0.29) is 6.29 Å². The summed E-state index contributed by atoms with van der Waals surface area (Å²) in [6, 6.07) is 4.24. The average molecular weight is 221 g/mol. The summed E-state index contributed by atoms with van der Waals surface area (Å²) < 4.78 is 11.0. The number of hydrogen-bond acceptors (Lipinski definition) is 3. The zero-order valence-electron chi connectivity index (χ0n) is 9.82. The highest BCUT2D eigenvalue weighted by Gasteiger charge is 2.13. The summed E-state index contributed by atoms with van der Waals surface area (Å²) in [5.41, 5.74) is 2.48. The minimum Gasteiger partial charge on any atom is -0.353 e. The molecule has 3 heteroatoms. The van der Waals surface area contributed by atoms with E-state index < -0.39 is 0 Å². The third-order valence-electron chi connectivity index (χ3n) is 2.81. The van der Waals surface area contributed by atoms with Gasteiger partial charge in [-0.2, -0.15) is 0 Å². The second kappa shape index (κ2) is 5.97. The van der Waals surface area contributed by atoms with E-state index in [0.717, 1.165) is 44.6 Å². The van der Waals surface area contributed by atoms with E-state index in [4.69, 9.17) is 9.47 Å². The summed E-state index contributed by atoms with van der Waals surface area (Å²) in [5, 5.41) is 0. The van der Waals surface area contributed by atoms with Crippen molar-refractivity contribution in [1.29, 1.82) is 0 Å². The molecule has 1 aromatic heterocycles. The van der Waals surface area contributed by atoms with Gasteiger partial charge in [0.05, 0.1) is 13.2 Å². The minimum absolute atomic E-state index is 0.00741. The highest BCUT2D eigenvalue weighted by molar-refractivity contribution is 5.16. The fourth-order valence-electron chi connectivity index (χ4n) is 1.86. The number of nitrogens with zero attached hydrogens (tertiary/aromatic N) is 1. The van der Waals surface area contributed by atoms with Crippen LogP contribution in [0.4, 0.5) is 0 Å². The van der Waals surface area contributed by atoms with Crippen LogP contribution in [0.15, 0.2) is 18.3 Å². The smallest absolute Gasteiger partial charge is 0.157 e. The highest BCUT2D eigenvalue weighted by atomic mass is 16.7. The lowest BCUT2D eigenvalue weighted by molar-refractivity contribution is -0.180. The number of pyridine rings is 1. The van der Waals surface area contributed by atoms with Crippen LogP contribution in [0.25, 0.3) is 0 Å². The van der Waals surface area contributed by atoms with Crippen LogP contribution < -0.4 is 0 Å². The Kier molecular flexibility index (Phi) is 4.31. The van der Waals surface area contributed by atoms with Crippen molar-refractivity contribution in [3.63, 3.8) is 0 Å². The summed E-state index contributed by atoms with van der Waals surface area (Å²) in [5.74, 6) is 0. The van der Waals surface area contributed by atoms with E-state index in [9.17, 15) is 0 Å². The topological polar surface area (TPSA) is 31.4 Å². The molecule has 0 aromatic carbocycles. The predicted octanol–water partition coefficient (Wildman–Crippen LogP) is 2.34. The maximum atomic E-state index is 5.52. The Morgan fingerprint density at radius 1 is 1.38 bits per heavy atom. The van der Waals surface area contributed by atoms with Gasteiger partial charge < -0.3 is 9.47 Å². The van der Waals surface area contributed by atoms with Crippen LogP contribution in [-0.2, 0) is 22.3 Å². The van der Waals surface area contributed by atoms with E-state index in [2.05, 4.69) is 24.0 Å². The molecule has 1 fully saturated rings. The van der Waals surface area contributed by atoms with Crippen molar-refractivity contribution in [2.24, 2.45) is 0 Å². The second-order valence-corrected chi connectivity index (χ2v) is 4.07. The molecular formula is C13H19NO2. The molecule has 0 unspecified atom stereocenters. The largest absolute Gasteiger partial charge is 0.353 e. The first-order valence-electron chi connectivity index (χ1n) is 6.05. The monoisotopic (exact) mass is 221 g/mol. The van der Waals surface area contributed by atoms with Gasteiger partial charge in [-0.25, -0.2) is 0 Å². The first kappa shape index (κ1) is 11.6. The lowest BCUT2D eigenvalue weighted by atomic mass is 10.1. The normalized spacial score (nSPS) is 17.6. The van der Waals surface area contributed by atoms with Crippen LogP contribution >= 0.6 is 0 Å². The van der Waals surface area contributed by atoms with Crippen molar-refractivity contribution in [1.82, 2.24) is 4.98 Å². The Morgan fingerprint density at radius 3 is 2.94 bits per heavy atom. The molecule has 88 valence electrons. The molecule has 0 spiro atoms. The van der Waals surface area contributed by atoms with Gasteiger partial charge in [-0.15, -0.1) is 0 Å². The number of ether oxygens (including phenoxy) is 2. The average Bonchev–Trinajstić information content (AvgIpc) is 2.38. The van der Waals surface area contributed by atoms with E-state index in [1.54, 1.807) is 0 Å². The van der Waals surface area contributed by atoms with Gasteiger partial charge >= 0.3 is 0 Å². The Balaban J connectivity index is 1.83. The van der Waals surface area contributed by atoms with Crippen LogP contribution in [0.3, 0.4) is 0 Å². The molecule has 0 atom stereocenters. The Labute approximate surface area is 96.8 Å². The fraction of sp³-hybridized carbons (Fsp3) is 0.615. The number of aromatic nitrogens is 1. The van der Waals surface area contributed by atoms with Crippen molar-refractivity contribution < 1.29 is 9.47 Å². The number of aryl methyl sites for hydroxylation is 2. The first-order valence-corrected chi connectivity index (χ1v) is 6.05. The lowest BCUT2D eigenvalue weighted by Crippen LogP contribution is -2.25. The van der Waals surface area contributed by atoms with E-state index in [1.165, 1.54) is 5.56 Å². The van der Waals surface area contributed by atoms with Gasteiger partial charge in [-0.1, -0.05) is 6.92 Å². The summed E-state index contributed by atoms with van der Waals surface area (Å²) in [6.07, 6.45) is 5.83. The van der Waals surface area contributed by atoms with Crippen LogP contribution in [0.2, 0.25) is 0 Å². The molecule has 1 saturated heterocycles. The van der Waals surface area contributed by atoms with Crippen LogP contribution in [-0.4, -0.2) is 24.5 Å². The highest BCUT2D eigenvalue weighted by Crippen LogP contribution is 2.13. The lowest BCUT2D eigenvalue weighted by Gasteiger charge is -2.23. The zero-order chi connectivity index (χ0) is 11.2. The molecule has 3 nitrogen and oxygen atoms in total. The molecule has 0 N–H and O–H groups in total. The van der Waals surface area contributed by atoms with Crippen molar-refractivity contribution in [2.75, 3.05) is 13.2 Å². The molecule has 16 heavy (non-hydrogen) atoms. The fourth-order valence-corrected chi connectivity index (χ4v) is 1.86. The van der Waals surface area contributed by atoms with Gasteiger partial charge in [-0.3, -0.25) is 4.98 Å². The molecule has 0 aliphatic carbocycles. The molecular weight excluding hydrogens is 202 g/mol. The number of rotatable bonds is 4. The van der Waals surface area contributed by atoms with Crippen molar-refractivity contribution in [2.45, 2.75) is 38.9 Å². The predicted molar refractivity (Wildman–Crippen MR) is 62.2 cm³/mol. The SMILES string of the molecule is CCc1cc(CCC2OCCCO2)ccn1. The Morgan fingerprint density at radius 2 is 2.19 bits per heavy atom. The Hall–Kier alpha value is -0.930. The Bertz CT molecular complexity index is 321. The summed E-state index contributed by atoms with van der Waals surface area (Å²) in [7, 11) is 0. The molecule has 0 saturated carbocycles. The standard InChI is InChI=1S/C13H19NO2/c1-2-12-10-11(6-7-14-12)4-5-13-15-8-3-9-16-13/h6-7,10,13H,2-5,8-9H2,1H3. The van der Waals surface area contributed by atoms with Gasteiger partial charge in [0, 0.05) is 18.3 Å². The molecule has 2 rings (SSSR count). The summed E-state index contributed by atoms with van der Waals surface area (Å²) in [4.78, 5) is 4.29. The molecule has 1 aliphatic rings. The van der Waals surface area contributed by atoms with Gasteiger partial charge in [-0.05, 0) is 37.0 Å². The third kappa shape index (κ3) is 3.29. The zero-order valence-corrected chi connectivity index (χ0v) is 9.82. The van der Waals surface area contributed by atoms with Gasteiger partial charge in [0.1, 0.15) is 0 Å².